The molecule has 5 nitrogen and oxygen atoms in total. The number of benzene rings is 2. The van der Waals surface area contributed by atoms with Crippen molar-refractivity contribution in [1.29, 1.82) is 0 Å². The molecule has 0 aliphatic heterocycles. The normalized spacial score (nSPS) is 12.2. The fourth-order valence-corrected chi connectivity index (χ4v) is 3.25. The number of aromatic nitrogens is 2. The summed E-state index contributed by atoms with van der Waals surface area (Å²) in [5.74, 6) is 1.14. The van der Waals surface area contributed by atoms with Crippen molar-refractivity contribution in [3.8, 4) is 11.6 Å². The largest absolute Gasteiger partial charge is 0.453 e. The van der Waals surface area contributed by atoms with Crippen LogP contribution in [0.3, 0.4) is 0 Å². The quantitative estimate of drug-likeness (QED) is 0.427. The summed E-state index contributed by atoms with van der Waals surface area (Å²) in [7, 11) is 3.97. The number of rotatable bonds is 6. The average molecular weight is 414 g/mol. The maximum atomic E-state index is 13.2. The van der Waals surface area contributed by atoms with Crippen LogP contribution in [-0.2, 0) is 6.18 Å². The molecular formula is C22H21F3N4O. The molecule has 0 bridgehead atoms. The second-order valence-electron chi connectivity index (χ2n) is 7.36. The molecular weight excluding hydrogens is 393 g/mol. The molecule has 0 atom stereocenters. The molecule has 1 N–H and O–H groups in total. The van der Waals surface area contributed by atoms with Gasteiger partial charge in [-0.15, -0.1) is 0 Å². The number of para-hydroxylation sites is 1. The van der Waals surface area contributed by atoms with Crippen molar-refractivity contribution in [3.63, 3.8) is 0 Å². The van der Waals surface area contributed by atoms with Gasteiger partial charge in [0.15, 0.2) is 11.6 Å². The summed E-state index contributed by atoms with van der Waals surface area (Å²) in [5.41, 5.74) is 0.133. The van der Waals surface area contributed by atoms with Gasteiger partial charge in [0.1, 0.15) is 11.4 Å². The number of nitrogens with one attached hydrogen (secondary N) is 1. The predicted octanol–water partition coefficient (Wildman–Crippen LogP) is 5.43. The van der Waals surface area contributed by atoms with E-state index in [1.165, 1.54) is 6.07 Å². The maximum absolute atomic E-state index is 13.2. The molecule has 2 heterocycles. The molecule has 2 aromatic heterocycles. The maximum Gasteiger partial charge on any atom is 0.416 e. The minimum atomic E-state index is -4.45. The molecule has 0 fully saturated rings. The molecule has 0 amide bonds. The number of halogens is 3. The Bertz CT molecular complexity index is 1150. The Labute approximate surface area is 171 Å². The first-order valence-electron chi connectivity index (χ1n) is 9.58. The number of anilines is 1. The third kappa shape index (κ3) is 4.23. The van der Waals surface area contributed by atoms with Gasteiger partial charge >= 0.3 is 6.18 Å². The van der Waals surface area contributed by atoms with Crippen LogP contribution in [-0.4, -0.2) is 42.1 Å². The van der Waals surface area contributed by atoms with Gasteiger partial charge in [-0.1, -0.05) is 18.2 Å². The molecule has 4 aromatic rings. The molecule has 8 heteroatoms. The Morgan fingerprint density at radius 2 is 1.83 bits per heavy atom. The Hall–Kier alpha value is -3.13. The van der Waals surface area contributed by atoms with Gasteiger partial charge in [0, 0.05) is 17.3 Å². The van der Waals surface area contributed by atoms with E-state index in [1.807, 2.05) is 38.4 Å². The van der Waals surface area contributed by atoms with Gasteiger partial charge in [0.25, 0.3) is 0 Å². The Morgan fingerprint density at radius 3 is 2.57 bits per heavy atom. The van der Waals surface area contributed by atoms with E-state index in [9.17, 15) is 13.2 Å². The monoisotopic (exact) mass is 414 g/mol. The number of hydrogen-bond donors (Lipinski definition) is 1. The van der Waals surface area contributed by atoms with Crippen LogP contribution in [0, 0.1) is 0 Å². The number of furan rings is 1. The summed E-state index contributed by atoms with van der Waals surface area (Å²) in [6, 6.07) is 12.8. The van der Waals surface area contributed by atoms with E-state index < -0.39 is 11.7 Å². The predicted molar refractivity (Wildman–Crippen MR) is 111 cm³/mol. The number of nitrogens with zero attached hydrogens (tertiary/aromatic N) is 3. The SMILES string of the molecule is CN(C)CCCNc1nc(-c2cc3ccccc3o2)nc2cc(C(F)(F)F)ccc12. The summed E-state index contributed by atoms with van der Waals surface area (Å²) >= 11 is 0. The average Bonchev–Trinajstić information content (AvgIpc) is 3.14. The van der Waals surface area contributed by atoms with Crippen LogP contribution in [0.2, 0.25) is 0 Å². The standard InChI is InChI=1S/C22H21F3N4O/c1-29(2)11-5-10-26-20-16-9-8-15(22(23,24)25)13-17(16)27-21(28-20)19-12-14-6-3-4-7-18(14)30-19/h3-4,6-9,12-13H,5,10-11H2,1-2H3,(H,26,27,28). The fraction of sp³-hybridized carbons (Fsp3) is 0.273. The molecule has 0 aliphatic carbocycles. The summed E-state index contributed by atoms with van der Waals surface area (Å²) in [6.07, 6.45) is -3.59. The van der Waals surface area contributed by atoms with Crippen molar-refractivity contribution >= 4 is 27.7 Å². The van der Waals surface area contributed by atoms with E-state index in [2.05, 4.69) is 20.2 Å². The van der Waals surface area contributed by atoms with Crippen LogP contribution in [0.4, 0.5) is 19.0 Å². The summed E-state index contributed by atoms with van der Waals surface area (Å²) in [5, 5.41) is 4.66. The third-order valence-electron chi connectivity index (χ3n) is 4.74. The zero-order chi connectivity index (χ0) is 21.3. The highest BCUT2D eigenvalue weighted by Gasteiger charge is 2.31. The van der Waals surface area contributed by atoms with Crippen molar-refractivity contribution in [2.75, 3.05) is 32.5 Å². The van der Waals surface area contributed by atoms with Crippen molar-refractivity contribution in [3.05, 3.63) is 54.1 Å². The molecule has 0 radical (unpaired) electrons. The lowest BCUT2D eigenvalue weighted by molar-refractivity contribution is -0.137. The Morgan fingerprint density at radius 1 is 1.03 bits per heavy atom. The number of alkyl halides is 3. The number of hydrogen-bond acceptors (Lipinski definition) is 5. The lowest BCUT2D eigenvalue weighted by Gasteiger charge is -2.13. The van der Waals surface area contributed by atoms with Gasteiger partial charge < -0.3 is 14.6 Å². The first kappa shape index (κ1) is 20.2. The van der Waals surface area contributed by atoms with E-state index in [4.69, 9.17) is 4.42 Å². The minimum Gasteiger partial charge on any atom is -0.453 e. The molecule has 156 valence electrons. The van der Waals surface area contributed by atoms with Gasteiger partial charge in [0.05, 0.1) is 11.1 Å². The van der Waals surface area contributed by atoms with E-state index in [-0.39, 0.29) is 11.3 Å². The molecule has 0 saturated carbocycles. The number of fused-ring (bicyclic) bond motifs is 2. The molecule has 4 rings (SSSR count). The van der Waals surface area contributed by atoms with E-state index in [1.54, 1.807) is 6.07 Å². The van der Waals surface area contributed by atoms with Crippen LogP contribution in [0.15, 0.2) is 52.9 Å². The van der Waals surface area contributed by atoms with Crippen molar-refractivity contribution < 1.29 is 17.6 Å². The van der Waals surface area contributed by atoms with Crippen LogP contribution < -0.4 is 5.32 Å². The Balaban J connectivity index is 1.78. The Kier molecular flexibility index (Phi) is 5.34. The highest BCUT2D eigenvalue weighted by molar-refractivity contribution is 5.91. The molecule has 30 heavy (non-hydrogen) atoms. The molecule has 2 aromatic carbocycles. The third-order valence-corrected chi connectivity index (χ3v) is 4.74. The molecule has 0 aliphatic rings. The first-order valence-corrected chi connectivity index (χ1v) is 9.58. The van der Waals surface area contributed by atoms with Gasteiger partial charge in [-0.2, -0.15) is 13.2 Å². The van der Waals surface area contributed by atoms with Crippen molar-refractivity contribution in [1.82, 2.24) is 14.9 Å². The second-order valence-corrected chi connectivity index (χ2v) is 7.36. The summed E-state index contributed by atoms with van der Waals surface area (Å²) in [6.45, 7) is 1.51. The highest BCUT2D eigenvalue weighted by Crippen LogP contribution is 2.34. The topological polar surface area (TPSA) is 54.2 Å². The highest BCUT2D eigenvalue weighted by atomic mass is 19.4. The summed E-state index contributed by atoms with van der Waals surface area (Å²) in [4.78, 5) is 11.0. The molecule has 0 unspecified atom stereocenters. The molecule has 0 saturated heterocycles. The van der Waals surface area contributed by atoms with Crippen LogP contribution >= 0.6 is 0 Å². The van der Waals surface area contributed by atoms with Crippen molar-refractivity contribution in [2.24, 2.45) is 0 Å². The summed E-state index contributed by atoms with van der Waals surface area (Å²) < 4.78 is 45.5. The first-order chi connectivity index (χ1) is 14.3. The van der Waals surface area contributed by atoms with Crippen LogP contribution in [0.5, 0.6) is 0 Å². The smallest absolute Gasteiger partial charge is 0.416 e. The zero-order valence-corrected chi connectivity index (χ0v) is 16.6. The van der Waals surface area contributed by atoms with E-state index >= 15 is 0 Å². The van der Waals surface area contributed by atoms with Gasteiger partial charge in [-0.3, -0.25) is 0 Å². The van der Waals surface area contributed by atoms with Crippen molar-refractivity contribution in [2.45, 2.75) is 12.6 Å². The fourth-order valence-electron chi connectivity index (χ4n) is 3.25. The van der Waals surface area contributed by atoms with Crippen LogP contribution in [0.1, 0.15) is 12.0 Å². The van der Waals surface area contributed by atoms with Gasteiger partial charge in [-0.25, -0.2) is 9.97 Å². The van der Waals surface area contributed by atoms with Gasteiger partial charge in [0.2, 0.25) is 0 Å². The van der Waals surface area contributed by atoms with Gasteiger partial charge in [-0.05, 0) is 57.4 Å². The van der Waals surface area contributed by atoms with E-state index in [0.29, 0.717) is 29.1 Å². The lowest BCUT2D eigenvalue weighted by Crippen LogP contribution is -2.17. The minimum absolute atomic E-state index is 0.213. The lowest BCUT2D eigenvalue weighted by atomic mass is 10.1. The van der Waals surface area contributed by atoms with Crippen LogP contribution in [0.25, 0.3) is 33.5 Å². The van der Waals surface area contributed by atoms with E-state index in [0.717, 1.165) is 30.5 Å². The molecule has 0 spiro atoms. The zero-order valence-electron chi connectivity index (χ0n) is 16.6. The second kappa shape index (κ2) is 7.95.